The van der Waals surface area contributed by atoms with Gasteiger partial charge < -0.3 is 14.5 Å². The molecule has 2 aliphatic rings. The summed E-state index contributed by atoms with van der Waals surface area (Å²) in [6.07, 6.45) is 1.88. The van der Waals surface area contributed by atoms with Crippen LogP contribution in [0.3, 0.4) is 0 Å². The standard InChI is InChI=1S/C20H28N2O5S/c1-15(2)12-22(17-8-10-28(25,26)14-17)20(24)13-27-18-6-3-5-16(11-18)21-9-4-7-19(21)23/h3,5-6,11,15,17H,4,7-10,12-14H2,1-2H3/t17-/m1/s1. The predicted molar refractivity (Wildman–Crippen MR) is 107 cm³/mol. The number of carbonyl (C=O) groups is 2. The average molecular weight is 409 g/mol. The monoisotopic (exact) mass is 408 g/mol. The molecule has 0 radical (unpaired) electrons. The second-order valence-corrected chi connectivity index (χ2v) is 10.2. The predicted octanol–water partition coefficient (Wildman–Crippen LogP) is 1.86. The SMILES string of the molecule is CC(C)CN(C(=O)COc1cccc(N2CCCC2=O)c1)[C@@H]1CCS(=O)(=O)C1. The number of amides is 2. The highest BCUT2D eigenvalue weighted by Gasteiger charge is 2.35. The van der Waals surface area contributed by atoms with Crippen molar-refractivity contribution in [2.75, 3.05) is 36.1 Å². The number of benzene rings is 1. The Bertz CT molecular complexity index is 837. The molecule has 0 saturated carbocycles. The Morgan fingerprint density at radius 2 is 2.14 bits per heavy atom. The summed E-state index contributed by atoms with van der Waals surface area (Å²) >= 11 is 0. The van der Waals surface area contributed by atoms with Crippen LogP contribution in [0.1, 0.15) is 33.1 Å². The van der Waals surface area contributed by atoms with Gasteiger partial charge >= 0.3 is 0 Å². The van der Waals surface area contributed by atoms with Crippen molar-refractivity contribution in [1.82, 2.24) is 4.90 Å². The van der Waals surface area contributed by atoms with Crippen LogP contribution in [0.2, 0.25) is 0 Å². The van der Waals surface area contributed by atoms with Gasteiger partial charge in [0.25, 0.3) is 5.91 Å². The normalized spacial score (nSPS) is 21.3. The van der Waals surface area contributed by atoms with E-state index in [0.717, 1.165) is 12.1 Å². The molecule has 0 N–H and O–H groups in total. The third-order valence-electron chi connectivity index (χ3n) is 5.10. The molecule has 154 valence electrons. The van der Waals surface area contributed by atoms with Crippen molar-refractivity contribution >= 4 is 27.3 Å². The lowest BCUT2D eigenvalue weighted by Crippen LogP contribution is -2.45. The highest BCUT2D eigenvalue weighted by atomic mass is 32.2. The summed E-state index contributed by atoms with van der Waals surface area (Å²) in [7, 11) is -3.07. The number of hydrogen-bond acceptors (Lipinski definition) is 5. The zero-order valence-electron chi connectivity index (χ0n) is 16.5. The largest absolute Gasteiger partial charge is 0.484 e. The van der Waals surface area contributed by atoms with Gasteiger partial charge in [-0.1, -0.05) is 19.9 Å². The fourth-order valence-electron chi connectivity index (χ4n) is 3.76. The molecule has 0 aromatic heterocycles. The van der Waals surface area contributed by atoms with Crippen LogP contribution >= 0.6 is 0 Å². The Balaban J connectivity index is 1.65. The molecule has 2 aliphatic heterocycles. The molecule has 8 heteroatoms. The topological polar surface area (TPSA) is 84.0 Å². The molecular weight excluding hydrogens is 380 g/mol. The minimum atomic E-state index is -3.07. The van der Waals surface area contributed by atoms with E-state index in [1.807, 2.05) is 19.9 Å². The Labute approximate surface area is 166 Å². The fraction of sp³-hybridized carbons (Fsp3) is 0.600. The number of ether oxygens (including phenoxy) is 1. The van der Waals surface area contributed by atoms with Crippen molar-refractivity contribution in [3.8, 4) is 5.75 Å². The van der Waals surface area contributed by atoms with Gasteiger partial charge in [0.1, 0.15) is 5.75 Å². The summed E-state index contributed by atoms with van der Waals surface area (Å²) in [5.41, 5.74) is 0.772. The Kier molecular flexibility index (Phi) is 6.27. The lowest BCUT2D eigenvalue weighted by Gasteiger charge is -2.30. The molecule has 2 fully saturated rings. The van der Waals surface area contributed by atoms with Crippen molar-refractivity contribution < 1.29 is 22.7 Å². The van der Waals surface area contributed by atoms with Crippen LogP contribution in [0.5, 0.6) is 5.75 Å². The molecule has 0 aliphatic carbocycles. The van der Waals surface area contributed by atoms with Gasteiger partial charge in [0.05, 0.1) is 11.5 Å². The van der Waals surface area contributed by atoms with Crippen LogP contribution < -0.4 is 9.64 Å². The molecule has 1 aromatic carbocycles. The zero-order chi connectivity index (χ0) is 20.3. The van der Waals surface area contributed by atoms with E-state index in [2.05, 4.69) is 0 Å². The number of sulfone groups is 1. The second-order valence-electron chi connectivity index (χ2n) is 7.93. The van der Waals surface area contributed by atoms with Crippen molar-refractivity contribution in [3.63, 3.8) is 0 Å². The Morgan fingerprint density at radius 1 is 1.36 bits per heavy atom. The minimum absolute atomic E-state index is 0.0258. The first-order valence-electron chi connectivity index (χ1n) is 9.78. The molecular formula is C20H28N2O5S. The Morgan fingerprint density at radius 3 is 2.75 bits per heavy atom. The molecule has 7 nitrogen and oxygen atoms in total. The van der Waals surface area contributed by atoms with Crippen LogP contribution in [-0.2, 0) is 19.4 Å². The van der Waals surface area contributed by atoms with Gasteiger partial charge in [-0.3, -0.25) is 9.59 Å². The maximum absolute atomic E-state index is 12.8. The molecule has 0 unspecified atom stereocenters. The van der Waals surface area contributed by atoms with Crippen LogP contribution in [-0.4, -0.2) is 62.4 Å². The van der Waals surface area contributed by atoms with E-state index in [0.29, 0.717) is 31.7 Å². The average Bonchev–Trinajstić information content (AvgIpc) is 3.22. The minimum Gasteiger partial charge on any atom is -0.484 e. The lowest BCUT2D eigenvalue weighted by molar-refractivity contribution is -0.135. The zero-order valence-corrected chi connectivity index (χ0v) is 17.3. The first-order chi connectivity index (χ1) is 13.2. The van der Waals surface area contributed by atoms with E-state index in [9.17, 15) is 18.0 Å². The number of carbonyl (C=O) groups excluding carboxylic acids is 2. The van der Waals surface area contributed by atoms with E-state index in [1.54, 1.807) is 28.0 Å². The molecule has 3 rings (SSSR count). The maximum atomic E-state index is 12.8. The van der Waals surface area contributed by atoms with Crippen molar-refractivity contribution in [3.05, 3.63) is 24.3 Å². The van der Waals surface area contributed by atoms with Crippen molar-refractivity contribution in [2.24, 2.45) is 5.92 Å². The van der Waals surface area contributed by atoms with Gasteiger partial charge in [0, 0.05) is 37.3 Å². The number of rotatable bonds is 7. The summed E-state index contributed by atoms with van der Waals surface area (Å²) in [4.78, 5) is 28.1. The van der Waals surface area contributed by atoms with Gasteiger partial charge in [-0.05, 0) is 30.9 Å². The lowest BCUT2D eigenvalue weighted by atomic mass is 10.1. The van der Waals surface area contributed by atoms with Gasteiger partial charge in [-0.2, -0.15) is 0 Å². The number of hydrogen-bond donors (Lipinski definition) is 0. The van der Waals surface area contributed by atoms with E-state index in [-0.39, 0.29) is 41.9 Å². The van der Waals surface area contributed by atoms with Crippen molar-refractivity contribution in [2.45, 2.75) is 39.2 Å². The summed E-state index contributed by atoms with van der Waals surface area (Å²) in [5, 5.41) is 0. The third kappa shape index (κ3) is 5.04. The first kappa shape index (κ1) is 20.6. The van der Waals surface area contributed by atoms with E-state index >= 15 is 0 Å². The van der Waals surface area contributed by atoms with Gasteiger partial charge in [0.2, 0.25) is 5.91 Å². The quantitative estimate of drug-likeness (QED) is 0.688. The summed E-state index contributed by atoms with van der Waals surface area (Å²) in [6.45, 7) is 5.05. The van der Waals surface area contributed by atoms with Crippen LogP contribution in [0.15, 0.2) is 24.3 Å². The maximum Gasteiger partial charge on any atom is 0.260 e. The smallest absolute Gasteiger partial charge is 0.260 e. The van der Waals surface area contributed by atoms with E-state index < -0.39 is 9.84 Å². The molecule has 0 bridgehead atoms. The molecule has 2 heterocycles. The van der Waals surface area contributed by atoms with E-state index in [1.165, 1.54) is 0 Å². The molecule has 28 heavy (non-hydrogen) atoms. The van der Waals surface area contributed by atoms with Gasteiger partial charge in [0.15, 0.2) is 16.4 Å². The van der Waals surface area contributed by atoms with Crippen LogP contribution in [0, 0.1) is 5.92 Å². The number of anilines is 1. The van der Waals surface area contributed by atoms with Gasteiger partial charge in [-0.25, -0.2) is 8.42 Å². The Hall–Kier alpha value is -2.09. The molecule has 2 amide bonds. The highest BCUT2D eigenvalue weighted by molar-refractivity contribution is 7.91. The third-order valence-corrected chi connectivity index (χ3v) is 6.85. The summed E-state index contributed by atoms with van der Waals surface area (Å²) in [6, 6.07) is 6.90. The molecule has 1 atom stereocenters. The molecule has 1 aromatic rings. The first-order valence-corrected chi connectivity index (χ1v) is 11.6. The van der Waals surface area contributed by atoms with Gasteiger partial charge in [-0.15, -0.1) is 0 Å². The van der Waals surface area contributed by atoms with Crippen molar-refractivity contribution in [1.29, 1.82) is 0 Å². The van der Waals surface area contributed by atoms with Crippen LogP contribution in [0.25, 0.3) is 0 Å². The van der Waals surface area contributed by atoms with Crippen LogP contribution in [0.4, 0.5) is 5.69 Å². The second kappa shape index (κ2) is 8.51. The highest BCUT2D eigenvalue weighted by Crippen LogP contribution is 2.26. The summed E-state index contributed by atoms with van der Waals surface area (Å²) in [5.74, 6) is 0.799. The van der Waals surface area contributed by atoms with E-state index in [4.69, 9.17) is 4.74 Å². The number of nitrogens with zero attached hydrogens (tertiary/aromatic N) is 2. The summed E-state index contributed by atoms with van der Waals surface area (Å²) < 4.78 is 29.3. The molecule has 2 saturated heterocycles. The fourth-order valence-corrected chi connectivity index (χ4v) is 5.49. The molecule has 0 spiro atoms.